The summed E-state index contributed by atoms with van der Waals surface area (Å²) in [5.41, 5.74) is 8.11. The number of aliphatic hydroxyl groups is 1. The largest absolute Gasteiger partial charge is 0.391 e. The van der Waals surface area contributed by atoms with E-state index in [2.05, 4.69) is 0 Å². The lowest BCUT2D eigenvalue weighted by atomic mass is 9.97. The topological polar surface area (TPSA) is 46.2 Å². The Morgan fingerprint density at radius 2 is 1.41 bits per heavy atom. The van der Waals surface area contributed by atoms with Gasteiger partial charge in [-0.1, -0.05) is 60.7 Å². The summed E-state index contributed by atoms with van der Waals surface area (Å²) in [6.45, 7) is 0. The lowest BCUT2D eigenvalue weighted by molar-refractivity contribution is 0.145. The van der Waals surface area contributed by atoms with E-state index < -0.39 is 6.10 Å². The van der Waals surface area contributed by atoms with Crippen LogP contribution < -0.4 is 5.73 Å². The third-order valence-electron chi connectivity index (χ3n) is 2.89. The third-order valence-corrected chi connectivity index (χ3v) is 2.89. The summed E-state index contributed by atoms with van der Waals surface area (Å²) in [7, 11) is 0. The number of benzene rings is 2. The molecule has 0 unspecified atom stereocenters. The number of aliphatic hydroxyl groups excluding tert-OH is 1. The van der Waals surface area contributed by atoms with Crippen molar-refractivity contribution in [3.63, 3.8) is 0 Å². The molecule has 0 fully saturated rings. The van der Waals surface area contributed by atoms with Gasteiger partial charge in [-0.15, -0.1) is 0 Å². The standard InChI is InChI=1S/C15H17NO/c16-15(13-9-5-2-6-10-13)14(17)11-12-7-3-1-4-8-12/h1-10,14-15,17H,11,16H2/t14-,15+/m0/s1. The molecule has 2 heteroatoms. The van der Waals surface area contributed by atoms with Crippen molar-refractivity contribution in [2.45, 2.75) is 18.6 Å². The Kier molecular flexibility index (Phi) is 3.91. The van der Waals surface area contributed by atoms with Gasteiger partial charge in [0.1, 0.15) is 0 Å². The second-order valence-corrected chi connectivity index (χ2v) is 4.19. The lowest BCUT2D eigenvalue weighted by Crippen LogP contribution is -2.28. The predicted molar refractivity (Wildman–Crippen MR) is 69.5 cm³/mol. The zero-order chi connectivity index (χ0) is 12.1. The third kappa shape index (κ3) is 3.16. The van der Waals surface area contributed by atoms with Gasteiger partial charge in [0.15, 0.2) is 0 Å². The smallest absolute Gasteiger partial charge is 0.0773 e. The van der Waals surface area contributed by atoms with Crippen LogP contribution in [-0.4, -0.2) is 11.2 Å². The fourth-order valence-electron chi connectivity index (χ4n) is 1.88. The average molecular weight is 227 g/mol. The molecule has 2 aromatic rings. The highest BCUT2D eigenvalue weighted by Gasteiger charge is 2.16. The fourth-order valence-corrected chi connectivity index (χ4v) is 1.88. The Morgan fingerprint density at radius 3 is 2.00 bits per heavy atom. The molecule has 0 bridgehead atoms. The molecule has 2 nitrogen and oxygen atoms in total. The van der Waals surface area contributed by atoms with E-state index >= 15 is 0 Å². The van der Waals surface area contributed by atoms with Crippen LogP contribution in [0.3, 0.4) is 0 Å². The lowest BCUT2D eigenvalue weighted by Gasteiger charge is -2.19. The first kappa shape index (κ1) is 11.8. The van der Waals surface area contributed by atoms with E-state index in [1.54, 1.807) is 0 Å². The minimum Gasteiger partial charge on any atom is -0.391 e. The second kappa shape index (κ2) is 5.62. The highest BCUT2D eigenvalue weighted by molar-refractivity contribution is 5.21. The van der Waals surface area contributed by atoms with Gasteiger partial charge in [0.05, 0.1) is 12.1 Å². The van der Waals surface area contributed by atoms with E-state index in [9.17, 15) is 5.11 Å². The van der Waals surface area contributed by atoms with Crippen LogP contribution in [0.2, 0.25) is 0 Å². The Labute approximate surface area is 102 Å². The molecule has 0 aliphatic heterocycles. The normalized spacial score (nSPS) is 14.2. The van der Waals surface area contributed by atoms with Crippen LogP contribution in [0, 0.1) is 0 Å². The Bertz CT molecular complexity index is 441. The Balaban J connectivity index is 2.03. The summed E-state index contributed by atoms with van der Waals surface area (Å²) in [6.07, 6.45) is 0.0245. The van der Waals surface area contributed by atoms with Crippen molar-refractivity contribution in [3.05, 3.63) is 71.8 Å². The monoisotopic (exact) mass is 227 g/mol. The molecule has 3 N–H and O–H groups in total. The molecule has 0 aromatic heterocycles. The molecular formula is C15H17NO. The van der Waals surface area contributed by atoms with Crippen molar-refractivity contribution in [2.24, 2.45) is 5.73 Å². The molecular weight excluding hydrogens is 210 g/mol. The second-order valence-electron chi connectivity index (χ2n) is 4.19. The van der Waals surface area contributed by atoms with Crippen molar-refractivity contribution in [2.75, 3.05) is 0 Å². The van der Waals surface area contributed by atoms with E-state index in [1.807, 2.05) is 60.7 Å². The van der Waals surface area contributed by atoms with Crippen molar-refractivity contribution >= 4 is 0 Å². The zero-order valence-electron chi connectivity index (χ0n) is 9.66. The molecule has 0 radical (unpaired) electrons. The minimum absolute atomic E-state index is 0.337. The highest BCUT2D eigenvalue weighted by atomic mass is 16.3. The van der Waals surface area contributed by atoms with Gasteiger partial charge in [-0.3, -0.25) is 0 Å². The van der Waals surface area contributed by atoms with Crippen LogP contribution in [0.5, 0.6) is 0 Å². The molecule has 2 rings (SSSR count). The van der Waals surface area contributed by atoms with Crippen LogP contribution in [0.4, 0.5) is 0 Å². The molecule has 2 aromatic carbocycles. The molecule has 88 valence electrons. The number of hydrogen-bond acceptors (Lipinski definition) is 2. The van der Waals surface area contributed by atoms with E-state index in [0.29, 0.717) is 6.42 Å². The first-order chi connectivity index (χ1) is 8.27. The Morgan fingerprint density at radius 1 is 0.882 bits per heavy atom. The van der Waals surface area contributed by atoms with Gasteiger partial charge in [0.25, 0.3) is 0 Å². The molecule has 0 saturated heterocycles. The van der Waals surface area contributed by atoms with E-state index in [0.717, 1.165) is 11.1 Å². The SMILES string of the molecule is N[C@H](c1ccccc1)[C@@H](O)Cc1ccccc1. The number of hydrogen-bond donors (Lipinski definition) is 2. The fraction of sp³-hybridized carbons (Fsp3) is 0.200. The van der Waals surface area contributed by atoms with Gasteiger partial charge in [-0.25, -0.2) is 0 Å². The molecule has 0 aliphatic carbocycles. The summed E-state index contributed by atoms with van der Waals surface area (Å²) < 4.78 is 0. The van der Waals surface area contributed by atoms with Crippen molar-refractivity contribution < 1.29 is 5.11 Å². The zero-order valence-corrected chi connectivity index (χ0v) is 9.66. The van der Waals surface area contributed by atoms with Crippen molar-refractivity contribution in [1.82, 2.24) is 0 Å². The maximum Gasteiger partial charge on any atom is 0.0773 e. The van der Waals surface area contributed by atoms with E-state index in [1.165, 1.54) is 0 Å². The molecule has 0 heterocycles. The Hall–Kier alpha value is -1.64. The summed E-state index contributed by atoms with van der Waals surface area (Å²) >= 11 is 0. The van der Waals surface area contributed by atoms with Gasteiger partial charge in [-0.05, 0) is 11.1 Å². The summed E-state index contributed by atoms with van der Waals surface area (Å²) in [6, 6.07) is 19.3. The van der Waals surface area contributed by atoms with Gasteiger partial charge in [0, 0.05) is 6.42 Å². The summed E-state index contributed by atoms with van der Waals surface area (Å²) in [5, 5.41) is 10.1. The van der Waals surface area contributed by atoms with Gasteiger partial charge < -0.3 is 10.8 Å². The number of nitrogens with two attached hydrogens (primary N) is 1. The van der Waals surface area contributed by atoms with E-state index in [4.69, 9.17) is 5.73 Å². The van der Waals surface area contributed by atoms with Crippen LogP contribution >= 0.6 is 0 Å². The maximum absolute atomic E-state index is 10.1. The number of rotatable bonds is 4. The first-order valence-corrected chi connectivity index (χ1v) is 5.80. The first-order valence-electron chi connectivity index (χ1n) is 5.80. The minimum atomic E-state index is -0.556. The summed E-state index contributed by atoms with van der Waals surface area (Å²) in [4.78, 5) is 0. The molecule has 17 heavy (non-hydrogen) atoms. The molecule has 0 amide bonds. The van der Waals surface area contributed by atoms with Gasteiger partial charge in [-0.2, -0.15) is 0 Å². The van der Waals surface area contributed by atoms with Crippen molar-refractivity contribution in [1.29, 1.82) is 0 Å². The van der Waals surface area contributed by atoms with E-state index in [-0.39, 0.29) is 6.04 Å². The molecule has 0 aliphatic rings. The summed E-state index contributed by atoms with van der Waals surface area (Å²) in [5.74, 6) is 0. The quantitative estimate of drug-likeness (QED) is 0.841. The van der Waals surface area contributed by atoms with Crippen LogP contribution in [0.25, 0.3) is 0 Å². The molecule has 0 spiro atoms. The maximum atomic E-state index is 10.1. The molecule has 2 atom stereocenters. The average Bonchev–Trinajstić information content (AvgIpc) is 2.40. The van der Waals surface area contributed by atoms with Gasteiger partial charge in [0.2, 0.25) is 0 Å². The van der Waals surface area contributed by atoms with Crippen LogP contribution in [0.15, 0.2) is 60.7 Å². The molecule has 0 saturated carbocycles. The van der Waals surface area contributed by atoms with Crippen LogP contribution in [0.1, 0.15) is 17.2 Å². The van der Waals surface area contributed by atoms with Crippen LogP contribution in [-0.2, 0) is 6.42 Å². The highest BCUT2D eigenvalue weighted by Crippen LogP contribution is 2.17. The predicted octanol–water partition coefficient (Wildman–Crippen LogP) is 2.29. The van der Waals surface area contributed by atoms with Crippen molar-refractivity contribution in [3.8, 4) is 0 Å². The van der Waals surface area contributed by atoms with Gasteiger partial charge >= 0.3 is 0 Å².